The Balaban J connectivity index is 1.64. The van der Waals surface area contributed by atoms with Crippen molar-refractivity contribution in [3.63, 3.8) is 0 Å². The molecule has 7 heteroatoms. The number of carbonyl (C=O) groups excluding carboxylic acids is 1. The molecule has 1 saturated heterocycles. The highest BCUT2D eigenvalue weighted by atomic mass is 79.9. The molecule has 0 bridgehead atoms. The topological polar surface area (TPSA) is 62.5 Å². The minimum absolute atomic E-state index is 0.0333. The molecule has 0 saturated carbocycles. The molecule has 21 heavy (non-hydrogen) atoms. The molecule has 0 atom stereocenters. The fourth-order valence-corrected chi connectivity index (χ4v) is 3.35. The zero-order valence-electron chi connectivity index (χ0n) is 11.3. The number of nitrogens with two attached hydrogens (primary N) is 1. The van der Waals surface area contributed by atoms with Gasteiger partial charge >= 0.3 is 0 Å². The largest absolute Gasteiger partial charge is 0.397 e. The van der Waals surface area contributed by atoms with Crippen molar-refractivity contribution in [3.05, 3.63) is 39.1 Å². The van der Waals surface area contributed by atoms with Gasteiger partial charge in [0.1, 0.15) is 10.7 Å². The summed E-state index contributed by atoms with van der Waals surface area (Å²) < 4.78 is 0.966. The van der Waals surface area contributed by atoms with Crippen LogP contribution in [0.1, 0.15) is 9.67 Å². The van der Waals surface area contributed by atoms with Crippen molar-refractivity contribution in [2.75, 3.05) is 36.8 Å². The smallest absolute Gasteiger partial charge is 0.266 e. The average Bonchev–Trinajstić information content (AvgIpc) is 2.94. The lowest BCUT2D eigenvalue weighted by molar-refractivity contribution is 0.0752. The van der Waals surface area contributed by atoms with Crippen LogP contribution >= 0.6 is 27.3 Å². The molecule has 3 heterocycles. The van der Waals surface area contributed by atoms with Crippen LogP contribution in [0.15, 0.2) is 34.2 Å². The molecule has 1 amide bonds. The zero-order valence-corrected chi connectivity index (χ0v) is 13.7. The van der Waals surface area contributed by atoms with Crippen molar-refractivity contribution in [2.24, 2.45) is 0 Å². The summed E-state index contributed by atoms with van der Waals surface area (Å²) in [4.78, 5) is 21.5. The highest BCUT2D eigenvalue weighted by molar-refractivity contribution is 9.10. The first-order valence-electron chi connectivity index (χ1n) is 6.64. The molecule has 0 aromatic carbocycles. The lowest BCUT2D eigenvalue weighted by Gasteiger charge is -2.35. The number of halogens is 1. The molecule has 2 aromatic heterocycles. The third-order valence-electron chi connectivity index (χ3n) is 3.49. The summed E-state index contributed by atoms with van der Waals surface area (Å²) in [6, 6.07) is 5.74. The molecule has 2 N–H and O–H groups in total. The van der Waals surface area contributed by atoms with Crippen LogP contribution in [0.4, 0.5) is 11.5 Å². The molecule has 0 spiro atoms. The molecule has 0 aliphatic carbocycles. The van der Waals surface area contributed by atoms with Crippen molar-refractivity contribution >= 4 is 44.7 Å². The van der Waals surface area contributed by atoms with E-state index in [2.05, 4.69) is 25.8 Å². The molecule has 0 radical (unpaired) electrons. The maximum atomic E-state index is 12.4. The van der Waals surface area contributed by atoms with E-state index >= 15 is 0 Å². The lowest BCUT2D eigenvalue weighted by atomic mass is 10.2. The highest BCUT2D eigenvalue weighted by Gasteiger charge is 2.24. The van der Waals surface area contributed by atoms with Crippen LogP contribution in [0.2, 0.25) is 0 Å². The summed E-state index contributed by atoms with van der Waals surface area (Å²) in [7, 11) is 0. The number of carbonyl (C=O) groups is 1. The third kappa shape index (κ3) is 3.03. The number of nitrogens with zero attached hydrogens (tertiary/aromatic N) is 3. The summed E-state index contributed by atoms with van der Waals surface area (Å²) in [5.41, 5.74) is 6.39. The molecule has 1 aliphatic heterocycles. The summed E-state index contributed by atoms with van der Waals surface area (Å²) in [6.07, 6.45) is 1.79. The van der Waals surface area contributed by atoms with Gasteiger partial charge in [-0.2, -0.15) is 0 Å². The van der Waals surface area contributed by atoms with Crippen LogP contribution in [0.25, 0.3) is 0 Å². The molecule has 1 aliphatic rings. The van der Waals surface area contributed by atoms with E-state index in [1.54, 1.807) is 12.3 Å². The average molecular weight is 367 g/mol. The molecule has 1 fully saturated rings. The maximum Gasteiger partial charge on any atom is 0.266 e. The van der Waals surface area contributed by atoms with Gasteiger partial charge in [-0.25, -0.2) is 4.98 Å². The second-order valence-corrected chi connectivity index (χ2v) is 6.65. The number of pyridine rings is 1. The quantitative estimate of drug-likeness (QED) is 0.886. The van der Waals surface area contributed by atoms with Gasteiger partial charge < -0.3 is 15.5 Å². The number of hydrogen-bond acceptors (Lipinski definition) is 5. The highest BCUT2D eigenvalue weighted by Crippen LogP contribution is 2.22. The number of hydrogen-bond donors (Lipinski definition) is 1. The predicted octanol–water partition coefficient (Wildman–Crippen LogP) is 2.45. The summed E-state index contributed by atoms with van der Waals surface area (Å²) in [5.74, 6) is 0.979. The minimum Gasteiger partial charge on any atom is -0.397 e. The molecular weight excluding hydrogens is 352 g/mol. The van der Waals surface area contributed by atoms with E-state index in [-0.39, 0.29) is 5.91 Å². The van der Waals surface area contributed by atoms with Crippen molar-refractivity contribution in [1.82, 2.24) is 9.88 Å². The maximum absolute atomic E-state index is 12.4. The SMILES string of the molecule is Nc1ccsc1C(=O)N1CCN(c2ccc(Br)cn2)CC1. The van der Waals surface area contributed by atoms with Crippen molar-refractivity contribution in [3.8, 4) is 0 Å². The van der Waals surface area contributed by atoms with Gasteiger partial charge in [-0.15, -0.1) is 11.3 Å². The molecule has 110 valence electrons. The molecule has 5 nitrogen and oxygen atoms in total. The number of thiophene rings is 1. The fraction of sp³-hybridized carbons (Fsp3) is 0.286. The van der Waals surface area contributed by atoms with Crippen LogP contribution in [0.3, 0.4) is 0 Å². The van der Waals surface area contributed by atoms with E-state index in [1.165, 1.54) is 11.3 Å². The van der Waals surface area contributed by atoms with Crippen molar-refractivity contribution in [1.29, 1.82) is 0 Å². The van der Waals surface area contributed by atoms with Gasteiger partial charge in [-0.3, -0.25) is 4.79 Å². The van der Waals surface area contributed by atoms with E-state index in [0.29, 0.717) is 23.7 Å². The van der Waals surface area contributed by atoms with Gasteiger partial charge in [-0.1, -0.05) is 0 Å². The Hall–Kier alpha value is -1.60. The van der Waals surface area contributed by atoms with Crippen LogP contribution in [0.5, 0.6) is 0 Å². The Bertz CT molecular complexity index is 635. The molecule has 3 rings (SSSR count). The van der Waals surface area contributed by atoms with E-state index < -0.39 is 0 Å². The predicted molar refractivity (Wildman–Crippen MR) is 88.8 cm³/mol. The zero-order chi connectivity index (χ0) is 14.8. The van der Waals surface area contributed by atoms with Gasteiger partial charge in [0.25, 0.3) is 5.91 Å². The normalized spacial score (nSPS) is 15.3. The monoisotopic (exact) mass is 366 g/mol. The number of piperazine rings is 1. The number of aromatic nitrogens is 1. The van der Waals surface area contributed by atoms with Gasteiger partial charge in [0.05, 0.1) is 5.69 Å². The van der Waals surface area contributed by atoms with Crippen LogP contribution in [-0.4, -0.2) is 42.0 Å². The molecule has 2 aromatic rings. The second-order valence-electron chi connectivity index (χ2n) is 4.82. The Labute approximate surface area is 135 Å². The summed E-state index contributed by atoms with van der Waals surface area (Å²) >= 11 is 4.78. The van der Waals surface area contributed by atoms with Gasteiger partial charge in [-0.05, 0) is 39.5 Å². The first kappa shape index (κ1) is 14.3. The summed E-state index contributed by atoms with van der Waals surface area (Å²) in [5, 5.41) is 1.85. The number of anilines is 2. The second kappa shape index (κ2) is 6.03. The van der Waals surface area contributed by atoms with Crippen LogP contribution < -0.4 is 10.6 Å². The first-order valence-corrected chi connectivity index (χ1v) is 8.31. The van der Waals surface area contributed by atoms with E-state index in [0.717, 1.165) is 23.4 Å². The Kier molecular flexibility index (Phi) is 4.12. The Morgan fingerprint density at radius 1 is 1.24 bits per heavy atom. The Morgan fingerprint density at radius 2 is 2.00 bits per heavy atom. The summed E-state index contributed by atoms with van der Waals surface area (Å²) in [6.45, 7) is 2.94. The fourth-order valence-electron chi connectivity index (χ4n) is 2.33. The first-order chi connectivity index (χ1) is 10.1. The van der Waals surface area contributed by atoms with E-state index in [9.17, 15) is 4.79 Å². The van der Waals surface area contributed by atoms with E-state index in [1.807, 2.05) is 22.4 Å². The number of amides is 1. The number of rotatable bonds is 2. The van der Waals surface area contributed by atoms with Gasteiger partial charge in [0, 0.05) is 36.8 Å². The Morgan fingerprint density at radius 3 is 2.57 bits per heavy atom. The standard InChI is InChI=1S/C14H15BrN4OS/c15-10-1-2-12(17-9-10)18-4-6-19(7-5-18)14(20)13-11(16)3-8-21-13/h1-3,8-9H,4-7,16H2. The molecular formula is C14H15BrN4OS. The third-order valence-corrected chi connectivity index (χ3v) is 4.88. The van der Waals surface area contributed by atoms with Gasteiger partial charge in [0.2, 0.25) is 0 Å². The van der Waals surface area contributed by atoms with Crippen LogP contribution in [0, 0.1) is 0 Å². The molecule has 0 unspecified atom stereocenters. The van der Waals surface area contributed by atoms with Crippen LogP contribution in [-0.2, 0) is 0 Å². The van der Waals surface area contributed by atoms with E-state index in [4.69, 9.17) is 5.73 Å². The minimum atomic E-state index is 0.0333. The van der Waals surface area contributed by atoms with Gasteiger partial charge in [0.15, 0.2) is 0 Å². The lowest BCUT2D eigenvalue weighted by Crippen LogP contribution is -2.49. The van der Waals surface area contributed by atoms with Crippen molar-refractivity contribution < 1.29 is 4.79 Å². The number of nitrogen functional groups attached to an aromatic ring is 1. The van der Waals surface area contributed by atoms with Crippen molar-refractivity contribution in [2.45, 2.75) is 0 Å².